The van der Waals surface area contributed by atoms with Crippen LogP contribution in [-0.2, 0) is 19.5 Å². The number of nitrogens with zero attached hydrogens (tertiary/aromatic N) is 2. The highest BCUT2D eigenvalue weighted by atomic mass is 16.5. The summed E-state index contributed by atoms with van der Waals surface area (Å²) < 4.78 is 10.3. The van der Waals surface area contributed by atoms with Crippen LogP contribution in [0, 0.1) is 0 Å². The van der Waals surface area contributed by atoms with Gasteiger partial charge in [0.2, 0.25) is 0 Å². The van der Waals surface area contributed by atoms with Crippen molar-refractivity contribution in [2.45, 2.75) is 45.9 Å². The first-order chi connectivity index (χ1) is 12.2. The molecule has 0 unspecified atom stereocenters. The largest absolute Gasteiger partial charge is 0.491 e. The summed E-state index contributed by atoms with van der Waals surface area (Å²) in [6.07, 6.45) is 1.51. The van der Waals surface area contributed by atoms with Crippen molar-refractivity contribution in [3.05, 3.63) is 60.4 Å². The number of imidazole rings is 1. The van der Waals surface area contributed by atoms with E-state index < -0.39 is 6.10 Å². The van der Waals surface area contributed by atoms with E-state index in [-0.39, 0.29) is 6.61 Å². The summed E-state index contributed by atoms with van der Waals surface area (Å²) in [5.41, 5.74) is 2.40. The Morgan fingerprint density at radius 3 is 2.48 bits per heavy atom. The second-order valence-corrected chi connectivity index (χ2v) is 6.29. The zero-order valence-electron chi connectivity index (χ0n) is 15.1. The van der Waals surface area contributed by atoms with Gasteiger partial charge in [-0.1, -0.05) is 37.3 Å². The maximum atomic E-state index is 10.5. The molecule has 1 atom stereocenters. The fraction of sp³-hybridized carbons (Fsp3) is 0.381. The van der Waals surface area contributed by atoms with Crippen molar-refractivity contribution >= 4 is 11.0 Å². The van der Waals surface area contributed by atoms with Crippen LogP contribution < -0.4 is 9.30 Å². The zero-order valence-corrected chi connectivity index (χ0v) is 15.1. The van der Waals surface area contributed by atoms with Gasteiger partial charge in [-0.3, -0.25) is 0 Å². The number of aliphatic hydroxyl groups excluding tert-OH is 1. The van der Waals surface area contributed by atoms with Crippen LogP contribution in [0.1, 0.15) is 26.1 Å². The molecule has 0 aliphatic heterocycles. The Hall–Kier alpha value is -2.33. The van der Waals surface area contributed by atoms with Gasteiger partial charge in [-0.15, -0.1) is 0 Å². The molecular formula is C21H27N2O2+. The standard InChI is InChI=1S/C21H27N2O2/c1-3-10-21-22(4-2)19-13-8-9-14-20(19)23(21)15-17(24)16-25-18-11-6-5-7-12-18/h5-9,11-14,17,24H,3-4,10,15-16H2,1-2H3/q+1/t17-/m1/s1. The number of benzene rings is 2. The lowest BCUT2D eigenvalue weighted by molar-refractivity contribution is -0.687. The molecule has 0 amide bonds. The molecule has 1 N–H and O–H groups in total. The normalized spacial score (nSPS) is 12.4. The van der Waals surface area contributed by atoms with Gasteiger partial charge in [-0.25, -0.2) is 9.13 Å². The number of fused-ring (bicyclic) bond motifs is 1. The Kier molecular flexibility index (Phi) is 5.71. The number of para-hydroxylation sites is 3. The van der Waals surface area contributed by atoms with E-state index >= 15 is 0 Å². The van der Waals surface area contributed by atoms with Crippen LogP contribution in [0.4, 0.5) is 0 Å². The Balaban J connectivity index is 1.83. The smallest absolute Gasteiger partial charge is 0.257 e. The summed E-state index contributed by atoms with van der Waals surface area (Å²) in [4.78, 5) is 0. The lowest BCUT2D eigenvalue weighted by atomic mass is 10.3. The number of rotatable bonds is 8. The molecule has 0 bridgehead atoms. The third-order valence-corrected chi connectivity index (χ3v) is 4.46. The molecule has 0 aliphatic rings. The second kappa shape index (κ2) is 8.17. The van der Waals surface area contributed by atoms with Crippen molar-refractivity contribution in [3.63, 3.8) is 0 Å². The molecule has 3 aromatic rings. The molecule has 2 aromatic carbocycles. The molecule has 4 heteroatoms. The topological polar surface area (TPSA) is 38.3 Å². The monoisotopic (exact) mass is 339 g/mol. The van der Waals surface area contributed by atoms with Crippen LogP contribution in [-0.4, -0.2) is 22.4 Å². The molecular weight excluding hydrogens is 312 g/mol. The van der Waals surface area contributed by atoms with Crippen LogP contribution in [0.3, 0.4) is 0 Å². The molecule has 0 spiro atoms. The first-order valence-electron chi connectivity index (χ1n) is 9.10. The quantitative estimate of drug-likeness (QED) is 0.639. The highest BCUT2D eigenvalue weighted by Crippen LogP contribution is 2.16. The second-order valence-electron chi connectivity index (χ2n) is 6.29. The van der Waals surface area contributed by atoms with Gasteiger partial charge in [-0.2, -0.15) is 0 Å². The maximum Gasteiger partial charge on any atom is 0.257 e. The van der Waals surface area contributed by atoms with E-state index in [2.05, 4.69) is 47.2 Å². The summed E-state index contributed by atoms with van der Waals surface area (Å²) in [5, 5.41) is 10.5. The molecule has 132 valence electrons. The maximum absolute atomic E-state index is 10.5. The van der Waals surface area contributed by atoms with E-state index in [0.29, 0.717) is 6.54 Å². The summed E-state index contributed by atoms with van der Waals surface area (Å²) in [6, 6.07) is 18.1. The van der Waals surface area contributed by atoms with Crippen molar-refractivity contribution < 1.29 is 14.4 Å². The minimum atomic E-state index is -0.558. The van der Waals surface area contributed by atoms with Crippen molar-refractivity contribution in [3.8, 4) is 5.75 Å². The summed E-state index contributed by atoms with van der Waals surface area (Å²) in [6.45, 7) is 6.12. The van der Waals surface area contributed by atoms with Gasteiger partial charge in [0.25, 0.3) is 5.82 Å². The zero-order chi connectivity index (χ0) is 17.6. The lowest BCUT2D eigenvalue weighted by Crippen LogP contribution is -2.45. The molecule has 1 heterocycles. The number of ether oxygens (including phenoxy) is 1. The fourth-order valence-electron chi connectivity index (χ4n) is 3.37. The van der Waals surface area contributed by atoms with Crippen LogP contribution in [0.25, 0.3) is 11.0 Å². The number of aryl methyl sites for hydroxylation is 1. The van der Waals surface area contributed by atoms with E-state index in [1.807, 2.05) is 30.3 Å². The van der Waals surface area contributed by atoms with Crippen molar-refractivity contribution in [1.82, 2.24) is 4.57 Å². The van der Waals surface area contributed by atoms with Crippen LogP contribution in [0.5, 0.6) is 5.75 Å². The van der Waals surface area contributed by atoms with Gasteiger partial charge in [-0.05, 0) is 37.6 Å². The molecule has 25 heavy (non-hydrogen) atoms. The minimum Gasteiger partial charge on any atom is -0.491 e. The molecule has 0 fully saturated rings. The number of aliphatic hydroxyl groups is 1. The Morgan fingerprint density at radius 1 is 1.04 bits per heavy atom. The van der Waals surface area contributed by atoms with Gasteiger partial charge in [0.05, 0.1) is 6.54 Å². The number of hydrogen-bond acceptors (Lipinski definition) is 2. The summed E-state index contributed by atoms with van der Waals surface area (Å²) in [5.74, 6) is 2.06. The number of aromatic nitrogens is 2. The molecule has 0 saturated carbocycles. The highest BCUT2D eigenvalue weighted by Gasteiger charge is 2.25. The average Bonchev–Trinajstić information content (AvgIpc) is 2.94. The predicted octanol–water partition coefficient (Wildman–Crippen LogP) is 3.34. The Bertz CT molecular complexity index is 811. The van der Waals surface area contributed by atoms with E-state index in [4.69, 9.17) is 4.74 Å². The van der Waals surface area contributed by atoms with Gasteiger partial charge >= 0.3 is 0 Å². The Morgan fingerprint density at radius 2 is 1.76 bits per heavy atom. The number of hydrogen-bond donors (Lipinski definition) is 1. The van der Waals surface area contributed by atoms with Gasteiger partial charge in [0.1, 0.15) is 25.0 Å². The third-order valence-electron chi connectivity index (χ3n) is 4.46. The first-order valence-corrected chi connectivity index (χ1v) is 9.10. The van der Waals surface area contributed by atoms with Crippen molar-refractivity contribution in [1.29, 1.82) is 0 Å². The molecule has 0 saturated heterocycles. The molecule has 0 radical (unpaired) electrons. The summed E-state index contributed by atoms with van der Waals surface area (Å²) >= 11 is 0. The SMILES string of the molecule is CCCc1n(CC)c2ccccc2[n+]1C[C@@H](O)COc1ccccc1. The summed E-state index contributed by atoms with van der Waals surface area (Å²) in [7, 11) is 0. The van der Waals surface area contributed by atoms with E-state index in [1.165, 1.54) is 16.9 Å². The van der Waals surface area contributed by atoms with Crippen LogP contribution in [0.2, 0.25) is 0 Å². The van der Waals surface area contributed by atoms with Crippen molar-refractivity contribution in [2.75, 3.05) is 6.61 Å². The first kappa shape index (κ1) is 17.5. The van der Waals surface area contributed by atoms with E-state index in [0.717, 1.165) is 25.1 Å². The van der Waals surface area contributed by atoms with Crippen LogP contribution >= 0.6 is 0 Å². The van der Waals surface area contributed by atoms with Gasteiger partial charge < -0.3 is 9.84 Å². The fourth-order valence-corrected chi connectivity index (χ4v) is 3.37. The van der Waals surface area contributed by atoms with Gasteiger partial charge in [0, 0.05) is 6.42 Å². The van der Waals surface area contributed by atoms with E-state index in [9.17, 15) is 5.11 Å². The average molecular weight is 339 g/mol. The molecule has 1 aromatic heterocycles. The van der Waals surface area contributed by atoms with Crippen molar-refractivity contribution in [2.24, 2.45) is 0 Å². The van der Waals surface area contributed by atoms with Gasteiger partial charge in [0.15, 0.2) is 11.0 Å². The third kappa shape index (κ3) is 3.85. The minimum absolute atomic E-state index is 0.286. The lowest BCUT2D eigenvalue weighted by Gasteiger charge is -2.12. The van der Waals surface area contributed by atoms with E-state index in [1.54, 1.807) is 0 Å². The molecule has 4 nitrogen and oxygen atoms in total. The Labute approximate surface area is 149 Å². The van der Waals surface area contributed by atoms with Crippen LogP contribution in [0.15, 0.2) is 54.6 Å². The highest BCUT2D eigenvalue weighted by molar-refractivity contribution is 5.72. The molecule has 0 aliphatic carbocycles. The molecule has 3 rings (SSSR count). The predicted molar refractivity (Wildman–Crippen MR) is 99.7 cm³/mol.